The van der Waals surface area contributed by atoms with E-state index in [0.717, 1.165) is 33.4 Å². The monoisotopic (exact) mass is 492 g/mol. The summed E-state index contributed by atoms with van der Waals surface area (Å²) in [6.45, 7) is 0. The van der Waals surface area contributed by atoms with Gasteiger partial charge in [0.2, 0.25) is 0 Å². The van der Waals surface area contributed by atoms with E-state index in [1.54, 1.807) is 0 Å². The first kappa shape index (κ1) is 23.2. The van der Waals surface area contributed by atoms with Crippen LogP contribution < -0.4 is 10.6 Å². The molecule has 4 heteroatoms. The highest BCUT2D eigenvalue weighted by Crippen LogP contribution is 2.37. The van der Waals surface area contributed by atoms with Gasteiger partial charge in [-0.3, -0.25) is 9.59 Å². The molecule has 6 rings (SSSR count). The summed E-state index contributed by atoms with van der Waals surface area (Å²) in [6.07, 6.45) is 8.17. The maximum Gasteiger partial charge on any atom is 0.258 e. The average Bonchev–Trinajstić information content (AvgIpc) is 3.50. The number of amides is 2. The fraction of sp³-hybridized carbons (Fsp3) is 0. The predicted octanol–water partition coefficient (Wildman–Crippen LogP) is 6.41. The van der Waals surface area contributed by atoms with E-state index in [0.29, 0.717) is 22.5 Å². The summed E-state index contributed by atoms with van der Waals surface area (Å²) in [5.41, 5.74) is 7.75. The average molecular weight is 493 g/mol. The second kappa shape index (κ2) is 10.0. The zero-order chi connectivity index (χ0) is 25.9. The van der Waals surface area contributed by atoms with E-state index in [-0.39, 0.29) is 11.8 Å². The van der Waals surface area contributed by atoms with Crippen LogP contribution in [-0.4, -0.2) is 11.8 Å². The molecule has 38 heavy (non-hydrogen) atoms. The minimum atomic E-state index is -0.274. The molecule has 2 heterocycles. The smallest absolute Gasteiger partial charge is 0.258 e. The topological polar surface area (TPSA) is 58.2 Å². The van der Waals surface area contributed by atoms with Crippen molar-refractivity contribution >= 4 is 47.5 Å². The molecule has 0 saturated heterocycles. The Labute approximate surface area is 221 Å². The highest BCUT2D eigenvalue weighted by Gasteiger charge is 2.40. The standard InChI is InChI=1S/C34H24N2O2/c37-33-29-30(32(36-33)28-21-17-26(18-22-28)14-12-24-9-5-2-6-10-24)34(38)35-31(29)27-19-15-25(16-20-27)13-11-23-7-3-1-4-8-23/h1-22H,(H,35,38)(H,36,37)/b13-11+,14-12+. The highest BCUT2D eigenvalue weighted by atomic mass is 16.2. The van der Waals surface area contributed by atoms with Crippen molar-refractivity contribution in [2.24, 2.45) is 0 Å². The number of carbonyl (C=O) groups is 2. The molecule has 0 spiro atoms. The van der Waals surface area contributed by atoms with Gasteiger partial charge in [0, 0.05) is 0 Å². The fourth-order valence-corrected chi connectivity index (χ4v) is 4.65. The number of carbonyl (C=O) groups excluding carboxylic acids is 2. The van der Waals surface area contributed by atoms with Crippen LogP contribution in [0.2, 0.25) is 0 Å². The fourth-order valence-electron chi connectivity index (χ4n) is 4.65. The Bertz CT molecular complexity index is 1510. The Morgan fingerprint density at radius 2 is 0.711 bits per heavy atom. The van der Waals surface area contributed by atoms with E-state index in [2.05, 4.69) is 22.8 Å². The molecule has 2 amide bonds. The van der Waals surface area contributed by atoms with Crippen LogP contribution in [0.5, 0.6) is 0 Å². The largest absolute Gasteiger partial charge is 0.321 e. The zero-order valence-electron chi connectivity index (χ0n) is 20.5. The van der Waals surface area contributed by atoms with Crippen LogP contribution in [0, 0.1) is 0 Å². The quantitative estimate of drug-likeness (QED) is 0.306. The molecule has 4 nitrogen and oxygen atoms in total. The Kier molecular flexibility index (Phi) is 6.12. The normalized spacial score (nSPS) is 14.9. The summed E-state index contributed by atoms with van der Waals surface area (Å²) in [4.78, 5) is 26.0. The van der Waals surface area contributed by atoms with Gasteiger partial charge >= 0.3 is 0 Å². The van der Waals surface area contributed by atoms with Gasteiger partial charge in [-0.1, -0.05) is 133 Å². The van der Waals surface area contributed by atoms with Crippen LogP contribution in [0.4, 0.5) is 0 Å². The van der Waals surface area contributed by atoms with Crippen molar-refractivity contribution in [2.45, 2.75) is 0 Å². The van der Waals surface area contributed by atoms with Crippen molar-refractivity contribution < 1.29 is 9.59 Å². The van der Waals surface area contributed by atoms with Gasteiger partial charge in [0.25, 0.3) is 11.8 Å². The van der Waals surface area contributed by atoms with Gasteiger partial charge < -0.3 is 10.6 Å². The molecule has 182 valence electrons. The number of fused-ring (bicyclic) bond motifs is 1. The van der Waals surface area contributed by atoms with E-state index >= 15 is 0 Å². The first-order valence-electron chi connectivity index (χ1n) is 12.4. The molecule has 0 aromatic heterocycles. The first-order chi connectivity index (χ1) is 18.7. The lowest BCUT2D eigenvalue weighted by atomic mass is 10.0. The minimum absolute atomic E-state index is 0.274. The third kappa shape index (κ3) is 4.63. The number of hydrogen-bond donors (Lipinski definition) is 2. The third-order valence-corrected chi connectivity index (χ3v) is 6.62. The molecule has 0 bridgehead atoms. The molecule has 0 saturated carbocycles. The maximum atomic E-state index is 13.0. The van der Waals surface area contributed by atoms with E-state index in [1.165, 1.54) is 0 Å². The minimum Gasteiger partial charge on any atom is -0.321 e. The second-order valence-corrected chi connectivity index (χ2v) is 9.14. The lowest BCUT2D eigenvalue weighted by Gasteiger charge is -2.08. The molecule has 0 atom stereocenters. The van der Waals surface area contributed by atoms with E-state index in [1.807, 2.05) is 121 Å². The summed E-state index contributed by atoms with van der Waals surface area (Å²) in [6, 6.07) is 35.8. The zero-order valence-corrected chi connectivity index (χ0v) is 20.5. The molecule has 4 aromatic carbocycles. The summed E-state index contributed by atoms with van der Waals surface area (Å²) in [5.74, 6) is -0.547. The lowest BCUT2D eigenvalue weighted by Crippen LogP contribution is -2.21. The van der Waals surface area contributed by atoms with E-state index in [4.69, 9.17) is 0 Å². The van der Waals surface area contributed by atoms with Gasteiger partial charge in [-0.25, -0.2) is 0 Å². The van der Waals surface area contributed by atoms with Crippen LogP contribution in [0.3, 0.4) is 0 Å². The molecular weight excluding hydrogens is 468 g/mol. The van der Waals surface area contributed by atoms with Gasteiger partial charge in [-0.05, 0) is 33.4 Å². The van der Waals surface area contributed by atoms with Gasteiger partial charge in [-0.15, -0.1) is 0 Å². The molecule has 0 fully saturated rings. The number of hydrogen-bond acceptors (Lipinski definition) is 2. The van der Waals surface area contributed by atoms with Crippen molar-refractivity contribution in [3.63, 3.8) is 0 Å². The van der Waals surface area contributed by atoms with Gasteiger partial charge in [0.05, 0.1) is 22.5 Å². The number of benzene rings is 4. The van der Waals surface area contributed by atoms with Crippen molar-refractivity contribution in [2.75, 3.05) is 0 Å². The Morgan fingerprint density at radius 1 is 0.395 bits per heavy atom. The SMILES string of the molecule is O=C1NC(c2ccc(/C=C/c3ccccc3)cc2)=C2C(=O)NC(c3ccc(/C=C/c4ccccc4)cc3)=C12. The second-order valence-electron chi connectivity index (χ2n) is 9.14. The van der Waals surface area contributed by atoms with Crippen LogP contribution in [0.1, 0.15) is 33.4 Å². The van der Waals surface area contributed by atoms with Gasteiger partial charge in [-0.2, -0.15) is 0 Å². The molecule has 2 aliphatic heterocycles. The molecule has 4 aromatic rings. The number of nitrogens with one attached hydrogen (secondary N) is 2. The Hall–Kier alpha value is -5.22. The van der Waals surface area contributed by atoms with Crippen LogP contribution in [-0.2, 0) is 9.59 Å². The molecule has 0 radical (unpaired) electrons. The summed E-state index contributed by atoms with van der Waals surface area (Å²) >= 11 is 0. The number of rotatable bonds is 6. The van der Waals surface area contributed by atoms with Crippen LogP contribution in [0.25, 0.3) is 35.7 Å². The summed E-state index contributed by atoms with van der Waals surface area (Å²) < 4.78 is 0. The molecule has 2 aliphatic rings. The summed E-state index contributed by atoms with van der Waals surface area (Å²) in [5, 5.41) is 5.84. The first-order valence-corrected chi connectivity index (χ1v) is 12.4. The van der Waals surface area contributed by atoms with Crippen molar-refractivity contribution in [1.29, 1.82) is 0 Å². The Morgan fingerprint density at radius 3 is 1.05 bits per heavy atom. The van der Waals surface area contributed by atoms with E-state index in [9.17, 15) is 9.59 Å². The Balaban J connectivity index is 1.26. The van der Waals surface area contributed by atoms with Gasteiger partial charge in [0.15, 0.2) is 0 Å². The van der Waals surface area contributed by atoms with Crippen LogP contribution >= 0.6 is 0 Å². The van der Waals surface area contributed by atoms with Crippen molar-refractivity contribution in [3.8, 4) is 0 Å². The molecular formula is C34H24N2O2. The molecule has 2 N–H and O–H groups in total. The van der Waals surface area contributed by atoms with Gasteiger partial charge in [0.1, 0.15) is 0 Å². The highest BCUT2D eigenvalue weighted by molar-refractivity contribution is 6.30. The van der Waals surface area contributed by atoms with Crippen molar-refractivity contribution in [1.82, 2.24) is 10.6 Å². The van der Waals surface area contributed by atoms with Crippen LogP contribution in [0.15, 0.2) is 120 Å². The molecule has 0 unspecified atom stereocenters. The molecule has 0 aliphatic carbocycles. The third-order valence-electron chi connectivity index (χ3n) is 6.62. The summed E-state index contributed by atoms with van der Waals surface area (Å²) in [7, 11) is 0. The van der Waals surface area contributed by atoms with E-state index < -0.39 is 0 Å². The predicted molar refractivity (Wildman–Crippen MR) is 154 cm³/mol. The van der Waals surface area contributed by atoms with Crippen molar-refractivity contribution in [3.05, 3.63) is 154 Å². The lowest BCUT2D eigenvalue weighted by molar-refractivity contribution is -0.117. The maximum absolute atomic E-state index is 13.0.